The second-order valence-corrected chi connectivity index (χ2v) is 10.0. The van der Waals surface area contributed by atoms with E-state index in [-0.39, 0.29) is 11.9 Å². The molecular weight excluding hydrogens is 402 g/mol. The van der Waals surface area contributed by atoms with Crippen LogP contribution < -0.4 is 4.90 Å². The molecule has 0 spiro atoms. The van der Waals surface area contributed by atoms with Crippen LogP contribution >= 0.6 is 0 Å². The number of hydrogen-bond acceptors (Lipinski definition) is 4. The molecular formula is C25H33N5O2. The molecule has 1 aliphatic carbocycles. The van der Waals surface area contributed by atoms with E-state index in [4.69, 9.17) is 4.74 Å². The molecule has 1 fully saturated rings. The van der Waals surface area contributed by atoms with Gasteiger partial charge in [0, 0.05) is 48.0 Å². The highest BCUT2D eigenvalue weighted by molar-refractivity contribution is 5.98. The lowest BCUT2D eigenvalue weighted by atomic mass is 9.76. The molecule has 32 heavy (non-hydrogen) atoms. The molecule has 7 nitrogen and oxygen atoms in total. The molecule has 1 aromatic carbocycles. The largest absolute Gasteiger partial charge is 0.379 e. The maximum Gasteiger partial charge on any atom is 0.243 e. The van der Waals surface area contributed by atoms with Gasteiger partial charge in [-0.15, -0.1) is 0 Å². The maximum atomic E-state index is 13.1. The fourth-order valence-electron chi connectivity index (χ4n) is 5.05. The highest BCUT2D eigenvalue weighted by Crippen LogP contribution is 2.38. The summed E-state index contributed by atoms with van der Waals surface area (Å²) in [6, 6.07) is 8.15. The van der Waals surface area contributed by atoms with Crippen molar-refractivity contribution in [2.45, 2.75) is 46.1 Å². The van der Waals surface area contributed by atoms with Gasteiger partial charge in [0.2, 0.25) is 5.91 Å². The quantitative estimate of drug-likeness (QED) is 0.654. The molecule has 0 saturated carbocycles. The summed E-state index contributed by atoms with van der Waals surface area (Å²) in [4.78, 5) is 20.6. The Morgan fingerprint density at radius 1 is 1.25 bits per heavy atom. The summed E-state index contributed by atoms with van der Waals surface area (Å²) in [6.07, 6.45) is 3.25. The monoisotopic (exact) mass is 435 g/mol. The third kappa shape index (κ3) is 3.84. The van der Waals surface area contributed by atoms with Crippen molar-refractivity contribution >= 4 is 22.5 Å². The van der Waals surface area contributed by atoms with Crippen LogP contribution in [0, 0.1) is 5.41 Å². The van der Waals surface area contributed by atoms with Gasteiger partial charge in [0.1, 0.15) is 5.69 Å². The van der Waals surface area contributed by atoms with Gasteiger partial charge in [-0.1, -0.05) is 19.9 Å². The lowest BCUT2D eigenvalue weighted by molar-refractivity contribution is -0.124. The Bertz CT molecular complexity index is 1140. The molecule has 1 aliphatic heterocycles. The Labute approximate surface area is 189 Å². The van der Waals surface area contributed by atoms with Crippen LogP contribution in [0.2, 0.25) is 0 Å². The summed E-state index contributed by atoms with van der Waals surface area (Å²) in [5.41, 5.74) is 6.89. The Balaban J connectivity index is 1.39. The molecule has 7 heteroatoms. The van der Waals surface area contributed by atoms with Crippen LogP contribution in [-0.2, 0) is 22.4 Å². The van der Waals surface area contributed by atoms with E-state index in [9.17, 15) is 4.79 Å². The molecule has 0 bridgehead atoms. The molecule has 5 rings (SSSR count). The summed E-state index contributed by atoms with van der Waals surface area (Å²) in [5.74, 6) is 0.0991. The van der Waals surface area contributed by atoms with Gasteiger partial charge in [-0.05, 0) is 49.8 Å². The number of amides is 1. The van der Waals surface area contributed by atoms with Crippen LogP contribution in [0.1, 0.15) is 38.4 Å². The van der Waals surface area contributed by atoms with Crippen LogP contribution in [0.15, 0.2) is 24.3 Å². The first-order valence-corrected chi connectivity index (χ1v) is 11.6. The van der Waals surface area contributed by atoms with E-state index in [2.05, 4.69) is 52.1 Å². The van der Waals surface area contributed by atoms with E-state index in [0.717, 1.165) is 53.9 Å². The number of ether oxygens (including phenoxy) is 1. The van der Waals surface area contributed by atoms with Crippen molar-refractivity contribution in [1.29, 1.82) is 0 Å². The molecule has 3 aromatic rings. The number of aromatic nitrogens is 3. The molecule has 2 aliphatic rings. The number of hydrogen-bond donors (Lipinski definition) is 2. The van der Waals surface area contributed by atoms with Gasteiger partial charge < -0.3 is 14.6 Å². The van der Waals surface area contributed by atoms with Gasteiger partial charge in [0.05, 0.1) is 24.9 Å². The predicted octanol–water partition coefficient (Wildman–Crippen LogP) is 3.76. The summed E-state index contributed by atoms with van der Waals surface area (Å²) in [6.45, 7) is 9.59. The molecule has 1 amide bonds. The van der Waals surface area contributed by atoms with Gasteiger partial charge in [-0.25, -0.2) is 0 Å². The minimum Gasteiger partial charge on any atom is -0.379 e. The number of nitrogens with one attached hydrogen (secondary N) is 2. The number of aromatic amines is 2. The number of H-pyrrole nitrogens is 2. The summed E-state index contributed by atoms with van der Waals surface area (Å²) in [5, 5.41) is 9.05. The Hall–Kier alpha value is -2.64. The molecule has 1 saturated heterocycles. The van der Waals surface area contributed by atoms with Crippen molar-refractivity contribution in [2.24, 2.45) is 5.41 Å². The fraction of sp³-hybridized carbons (Fsp3) is 0.520. The van der Waals surface area contributed by atoms with Crippen molar-refractivity contribution in [3.63, 3.8) is 0 Å². The first-order valence-electron chi connectivity index (χ1n) is 11.6. The van der Waals surface area contributed by atoms with Crippen LogP contribution in [0.5, 0.6) is 0 Å². The molecule has 0 unspecified atom stereocenters. The van der Waals surface area contributed by atoms with E-state index < -0.39 is 0 Å². The van der Waals surface area contributed by atoms with Crippen molar-refractivity contribution in [3.05, 3.63) is 35.5 Å². The number of nitrogens with zero attached hydrogens (tertiary/aromatic N) is 3. The van der Waals surface area contributed by atoms with Crippen molar-refractivity contribution < 1.29 is 9.53 Å². The molecule has 3 heterocycles. The number of benzene rings is 1. The van der Waals surface area contributed by atoms with Gasteiger partial charge in [-0.2, -0.15) is 5.10 Å². The smallest absolute Gasteiger partial charge is 0.243 e. The third-order valence-corrected chi connectivity index (χ3v) is 7.19. The minimum absolute atomic E-state index is 0.0991. The molecule has 0 radical (unpaired) electrons. The van der Waals surface area contributed by atoms with E-state index in [0.29, 0.717) is 18.6 Å². The van der Waals surface area contributed by atoms with Crippen LogP contribution in [0.3, 0.4) is 0 Å². The molecule has 2 N–H and O–H groups in total. The van der Waals surface area contributed by atoms with Crippen molar-refractivity contribution in [2.75, 3.05) is 38.3 Å². The molecule has 1 atom stereocenters. The lowest BCUT2D eigenvalue weighted by Gasteiger charge is -2.33. The zero-order valence-electron chi connectivity index (χ0n) is 19.5. The number of anilines is 1. The van der Waals surface area contributed by atoms with Gasteiger partial charge in [-0.3, -0.25) is 14.8 Å². The maximum absolute atomic E-state index is 13.1. The molecule has 2 aromatic heterocycles. The van der Waals surface area contributed by atoms with Crippen molar-refractivity contribution in [3.8, 4) is 11.4 Å². The number of morpholine rings is 1. The Morgan fingerprint density at radius 2 is 2.03 bits per heavy atom. The highest BCUT2D eigenvalue weighted by atomic mass is 16.5. The zero-order chi connectivity index (χ0) is 22.5. The van der Waals surface area contributed by atoms with Gasteiger partial charge in [0.15, 0.2) is 0 Å². The van der Waals surface area contributed by atoms with E-state index in [1.165, 1.54) is 17.7 Å². The molecule has 170 valence electrons. The average molecular weight is 436 g/mol. The van der Waals surface area contributed by atoms with Crippen LogP contribution in [0.25, 0.3) is 22.3 Å². The van der Waals surface area contributed by atoms with E-state index in [1.54, 1.807) is 4.90 Å². The Morgan fingerprint density at radius 3 is 2.81 bits per heavy atom. The first kappa shape index (κ1) is 21.2. The van der Waals surface area contributed by atoms with Gasteiger partial charge in [0.25, 0.3) is 0 Å². The second kappa shape index (κ2) is 8.05. The number of likely N-dealkylation sites (N-methyl/N-ethyl adjacent to an activating group) is 1. The van der Waals surface area contributed by atoms with E-state index in [1.807, 2.05) is 20.0 Å². The standard InChI is InChI=1S/C25H33N5O2/c1-16(30-9-11-32-12-10-30)24(31)29(4)18-6-5-17-13-21(26-20(17)14-18)23-19-7-8-25(2,3)15-22(19)27-28-23/h5-6,13-14,16,26H,7-12,15H2,1-4H3,(H,27,28)/t16-/m1/s1. The number of carbonyl (C=O) groups is 1. The zero-order valence-corrected chi connectivity index (χ0v) is 19.5. The normalized spacial score (nSPS) is 19.6. The number of fused-ring (bicyclic) bond motifs is 2. The highest BCUT2D eigenvalue weighted by Gasteiger charge is 2.30. The first-order chi connectivity index (χ1) is 15.3. The predicted molar refractivity (Wildman–Crippen MR) is 127 cm³/mol. The minimum atomic E-state index is -0.168. The third-order valence-electron chi connectivity index (χ3n) is 7.19. The summed E-state index contributed by atoms with van der Waals surface area (Å²) < 4.78 is 5.42. The lowest BCUT2D eigenvalue weighted by Crippen LogP contribution is -2.50. The topological polar surface area (TPSA) is 77.2 Å². The van der Waals surface area contributed by atoms with Crippen molar-refractivity contribution in [1.82, 2.24) is 20.1 Å². The second-order valence-electron chi connectivity index (χ2n) is 10.0. The van der Waals surface area contributed by atoms with Crippen LogP contribution in [0.4, 0.5) is 5.69 Å². The summed E-state index contributed by atoms with van der Waals surface area (Å²) in [7, 11) is 1.86. The summed E-state index contributed by atoms with van der Waals surface area (Å²) >= 11 is 0. The SMILES string of the molecule is C[C@H](C(=O)N(C)c1ccc2cc(-c3n[nH]c4c3CCC(C)(C)C4)[nH]c2c1)N1CCOCC1. The Kier molecular flexibility index (Phi) is 5.34. The fourth-order valence-corrected chi connectivity index (χ4v) is 5.05. The number of carbonyl (C=O) groups excluding carboxylic acids is 1. The average Bonchev–Trinajstić information content (AvgIpc) is 3.40. The van der Waals surface area contributed by atoms with Crippen LogP contribution in [-0.4, -0.2) is 65.4 Å². The number of rotatable bonds is 4. The van der Waals surface area contributed by atoms with E-state index >= 15 is 0 Å². The van der Waals surface area contributed by atoms with Gasteiger partial charge >= 0.3 is 0 Å².